The molecule has 0 spiro atoms. The second-order valence-corrected chi connectivity index (χ2v) is 5.84. The van der Waals surface area contributed by atoms with E-state index in [0.717, 1.165) is 12.8 Å². The van der Waals surface area contributed by atoms with Gasteiger partial charge in [0, 0.05) is 19.6 Å². The van der Waals surface area contributed by atoms with Gasteiger partial charge in [0.05, 0.1) is 6.10 Å². The van der Waals surface area contributed by atoms with Gasteiger partial charge in [-0.2, -0.15) is 0 Å². The summed E-state index contributed by atoms with van der Waals surface area (Å²) >= 11 is 0. The SMILES string of the molecule is CC(N(C)C(=O)[C@@H]1CC[C@H](CN)O1)C1(C)CC1.Cl. The molecule has 0 aromatic heterocycles. The standard InChI is InChI=1S/C13H24N2O2.ClH/c1-9(13(2)6-7-13)15(3)12(16)11-5-4-10(8-14)17-11;/h9-11H,4-8,14H2,1-3H3;1H/t9?,10-,11+;/m1./s1. The monoisotopic (exact) mass is 276 g/mol. The Morgan fingerprint density at radius 1 is 1.50 bits per heavy atom. The Kier molecular flexibility index (Phi) is 5.04. The summed E-state index contributed by atoms with van der Waals surface area (Å²) in [5, 5.41) is 0. The van der Waals surface area contributed by atoms with E-state index in [9.17, 15) is 4.79 Å². The molecule has 0 bridgehead atoms. The zero-order valence-corrected chi connectivity index (χ0v) is 12.3. The van der Waals surface area contributed by atoms with Crippen LogP contribution >= 0.6 is 12.4 Å². The Morgan fingerprint density at radius 3 is 2.56 bits per heavy atom. The Hall–Kier alpha value is -0.320. The summed E-state index contributed by atoms with van der Waals surface area (Å²) in [4.78, 5) is 14.2. The van der Waals surface area contributed by atoms with Crippen molar-refractivity contribution in [2.45, 2.75) is 57.8 Å². The summed E-state index contributed by atoms with van der Waals surface area (Å²) in [6.45, 7) is 4.90. The smallest absolute Gasteiger partial charge is 0.251 e. The van der Waals surface area contributed by atoms with Crippen molar-refractivity contribution in [3.05, 3.63) is 0 Å². The lowest BCUT2D eigenvalue weighted by molar-refractivity contribution is -0.144. The van der Waals surface area contributed by atoms with Crippen LogP contribution in [0.5, 0.6) is 0 Å². The van der Waals surface area contributed by atoms with Crippen molar-refractivity contribution < 1.29 is 9.53 Å². The lowest BCUT2D eigenvalue weighted by Crippen LogP contribution is -2.45. The number of amides is 1. The van der Waals surface area contributed by atoms with Gasteiger partial charge in [-0.05, 0) is 38.0 Å². The normalized spacial score (nSPS) is 30.4. The molecule has 2 fully saturated rings. The van der Waals surface area contributed by atoms with Gasteiger partial charge in [-0.25, -0.2) is 0 Å². The summed E-state index contributed by atoms with van der Waals surface area (Å²) in [6, 6.07) is 0.301. The average Bonchev–Trinajstić information content (AvgIpc) is 2.92. The van der Waals surface area contributed by atoms with E-state index in [1.54, 1.807) is 0 Å². The average molecular weight is 277 g/mol. The van der Waals surface area contributed by atoms with E-state index in [1.165, 1.54) is 12.8 Å². The number of rotatable bonds is 4. The van der Waals surface area contributed by atoms with Crippen LogP contribution in [0, 0.1) is 5.41 Å². The third kappa shape index (κ3) is 2.98. The van der Waals surface area contributed by atoms with Crippen molar-refractivity contribution in [1.82, 2.24) is 4.90 Å². The zero-order chi connectivity index (χ0) is 12.6. The highest BCUT2D eigenvalue weighted by molar-refractivity contribution is 5.85. The van der Waals surface area contributed by atoms with Gasteiger partial charge in [0.2, 0.25) is 0 Å². The predicted octanol–water partition coefficient (Wildman–Crippen LogP) is 1.56. The molecule has 106 valence electrons. The highest BCUT2D eigenvalue weighted by Gasteiger charge is 2.46. The van der Waals surface area contributed by atoms with Gasteiger partial charge in [-0.3, -0.25) is 4.79 Å². The van der Waals surface area contributed by atoms with E-state index in [-0.39, 0.29) is 30.5 Å². The van der Waals surface area contributed by atoms with Crippen molar-refractivity contribution in [3.8, 4) is 0 Å². The third-order valence-corrected chi connectivity index (χ3v) is 4.62. The van der Waals surface area contributed by atoms with Gasteiger partial charge in [0.1, 0.15) is 6.10 Å². The van der Waals surface area contributed by atoms with Crippen molar-refractivity contribution in [2.24, 2.45) is 11.1 Å². The minimum absolute atomic E-state index is 0. The number of nitrogens with zero attached hydrogens (tertiary/aromatic N) is 1. The minimum Gasteiger partial charge on any atom is -0.364 e. The fourth-order valence-electron chi connectivity index (χ4n) is 2.56. The summed E-state index contributed by atoms with van der Waals surface area (Å²) in [6.07, 6.45) is 3.98. The van der Waals surface area contributed by atoms with Crippen LogP contribution < -0.4 is 5.73 Å². The molecule has 18 heavy (non-hydrogen) atoms. The largest absolute Gasteiger partial charge is 0.364 e. The number of carbonyl (C=O) groups is 1. The van der Waals surface area contributed by atoms with E-state index in [4.69, 9.17) is 10.5 Å². The maximum Gasteiger partial charge on any atom is 0.251 e. The van der Waals surface area contributed by atoms with Crippen LogP contribution in [0.15, 0.2) is 0 Å². The van der Waals surface area contributed by atoms with Crippen molar-refractivity contribution >= 4 is 18.3 Å². The molecule has 2 N–H and O–H groups in total. The first-order valence-corrected chi connectivity index (χ1v) is 6.60. The highest BCUT2D eigenvalue weighted by atomic mass is 35.5. The fraction of sp³-hybridized carbons (Fsp3) is 0.923. The number of hydrogen-bond acceptors (Lipinski definition) is 3. The molecular weight excluding hydrogens is 252 g/mol. The second kappa shape index (κ2) is 5.76. The van der Waals surface area contributed by atoms with Crippen LogP contribution in [0.2, 0.25) is 0 Å². The molecule has 3 atom stereocenters. The maximum atomic E-state index is 12.3. The number of halogens is 1. The van der Waals surface area contributed by atoms with E-state index in [0.29, 0.717) is 18.0 Å². The number of likely N-dealkylation sites (N-methyl/N-ethyl adjacent to an activating group) is 1. The molecule has 1 amide bonds. The lowest BCUT2D eigenvalue weighted by Gasteiger charge is -2.31. The molecule has 0 radical (unpaired) electrons. The first-order valence-electron chi connectivity index (χ1n) is 6.60. The molecule has 1 heterocycles. The Bertz CT molecular complexity index is 307. The third-order valence-electron chi connectivity index (χ3n) is 4.62. The van der Waals surface area contributed by atoms with Crippen molar-refractivity contribution in [3.63, 3.8) is 0 Å². The van der Waals surface area contributed by atoms with E-state index in [2.05, 4.69) is 13.8 Å². The molecular formula is C13H25ClN2O2. The van der Waals surface area contributed by atoms with Crippen LogP contribution in [0.3, 0.4) is 0 Å². The maximum absolute atomic E-state index is 12.3. The number of nitrogens with two attached hydrogens (primary N) is 1. The summed E-state index contributed by atoms with van der Waals surface area (Å²) in [7, 11) is 1.90. The van der Waals surface area contributed by atoms with E-state index < -0.39 is 0 Å². The molecule has 0 aromatic rings. The second-order valence-electron chi connectivity index (χ2n) is 5.84. The number of hydrogen-bond donors (Lipinski definition) is 1. The Morgan fingerprint density at radius 2 is 2.11 bits per heavy atom. The molecule has 2 rings (SSSR count). The van der Waals surface area contributed by atoms with Gasteiger partial charge in [0.15, 0.2) is 0 Å². The van der Waals surface area contributed by atoms with Crippen molar-refractivity contribution in [2.75, 3.05) is 13.6 Å². The predicted molar refractivity (Wildman–Crippen MR) is 73.8 cm³/mol. The summed E-state index contributed by atoms with van der Waals surface area (Å²) in [5.41, 5.74) is 5.89. The van der Waals surface area contributed by atoms with Gasteiger partial charge < -0.3 is 15.4 Å². The Labute approximate surface area is 116 Å². The number of carbonyl (C=O) groups excluding carboxylic acids is 1. The van der Waals surface area contributed by atoms with Crippen LogP contribution in [-0.2, 0) is 9.53 Å². The first kappa shape index (κ1) is 15.7. The Balaban J connectivity index is 0.00000162. The first-order chi connectivity index (χ1) is 7.98. The highest BCUT2D eigenvalue weighted by Crippen LogP contribution is 2.49. The lowest BCUT2D eigenvalue weighted by atomic mass is 9.99. The molecule has 1 saturated heterocycles. The van der Waals surface area contributed by atoms with Gasteiger partial charge in [-0.15, -0.1) is 12.4 Å². The van der Waals surface area contributed by atoms with E-state index >= 15 is 0 Å². The fourth-order valence-corrected chi connectivity index (χ4v) is 2.56. The molecule has 0 aromatic carbocycles. The molecule has 1 unspecified atom stereocenters. The molecule has 1 aliphatic heterocycles. The summed E-state index contributed by atoms with van der Waals surface area (Å²) in [5.74, 6) is 0.126. The van der Waals surface area contributed by atoms with Crippen molar-refractivity contribution in [1.29, 1.82) is 0 Å². The summed E-state index contributed by atoms with van der Waals surface area (Å²) < 4.78 is 5.66. The minimum atomic E-state index is -0.265. The molecule has 2 aliphatic rings. The molecule has 4 nitrogen and oxygen atoms in total. The van der Waals surface area contributed by atoms with Gasteiger partial charge in [-0.1, -0.05) is 6.92 Å². The molecule has 1 saturated carbocycles. The number of ether oxygens (including phenoxy) is 1. The van der Waals surface area contributed by atoms with Gasteiger partial charge >= 0.3 is 0 Å². The van der Waals surface area contributed by atoms with Crippen LogP contribution in [0.4, 0.5) is 0 Å². The zero-order valence-electron chi connectivity index (χ0n) is 11.5. The van der Waals surface area contributed by atoms with Crippen LogP contribution in [0.1, 0.15) is 39.5 Å². The topological polar surface area (TPSA) is 55.6 Å². The molecule has 5 heteroatoms. The molecule has 1 aliphatic carbocycles. The van der Waals surface area contributed by atoms with Gasteiger partial charge in [0.25, 0.3) is 5.91 Å². The quantitative estimate of drug-likeness (QED) is 0.848. The van der Waals surface area contributed by atoms with Crippen LogP contribution in [0.25, 0.3) is 0 Å². The van der Waals surface area contributed by atoms with E-state index in [1.807, 2.05) is 11.9 Å². The van der Waals surface area contributed by atoms with Crippen LogP contribution in [-0.4, -0.2) is 42.6 Å².